The molecule has 0 bridgehead atoms. The molecule has 0 N–H and O–H groups in total. The van der Waals surface area contributed by atoms with Gasteiger partial charge in [-0.05, 0) is 30.4 Å². The van der Waals surface area contributed by atoms with Crippen LogP contribution in [0.2, 0.25) is 0 Å². The van der Waals surface area contributed by atoms with Crippen molar-refractivity contribution >= 4 is 17.7 Å². The Bertz CT molecular complexity index is 581. The van der Waals surface area contributed by atoms with Crippen LogP contribution in [0.15, 0.2) is 35.5 Å². The van der Waals surface area contributed by atoms with Crippen molar-refractivity contribution in [1.29, 1.82) is 0 Å². The molecule has 3 heteroatoms. The van der Waals surface area contributed by atoms with E-state index in [9.17, 15) is 0 Å². The monoisotopic (exact) mass is 283 g/mol. The fraction of sp³-hybridized carbons (Fsp3) is 0.500. The first-order chi connectivity index (χ1) is 9.96. The number of anilines is 2. The first-order valence-corrected chi connectivity index (χ1v) is 7.79. The Kier molecular flexibility index (Phi) is 3.52. The zero-order chi connectivity index (χ0) is 15.0. The fourth-order valence-corrected chi connectivity index (χ4v) is 3.28. The van der Waals surface area contributed by atoms with Gasteiger partial charge in [-0.1, -0.05) is 33.4 Å². The highest BCUT2D eigenvalue weighted by molar-refractivity contribution is 5.86. The van der Waals surface area contributed by atoms with Gasteiger partial charge < -0.3 is 9.80 Å². The summed E-state index contributed by atoms with van der Waals surface area (Å²) in [6, 6.07) is 6.60. The van der Waals surface area contributed by atoms with E-state index in [1.54, 1.807) is 0 Å². The van der Waals surface area contributed by atoms with Crippen molar-refractivity contribution in [2.24, 2.45) is 10.4 Å². The van der Waals surface area contributed by atoms with Gasteiger partial charge in [0, 0.05) is 35.7 Å². The van der Waals surface area contributed by atoms with Gasteiger partial charge in [0.25, 0.3) is 0 Å². The van der Waals surface area contributed by atoms with Gasteiger partial charge in [-0.15, -0.1) is 0 Å². The van der Waals surface area contributed by atoms with Gasteiger partial charge >= 0.3 is 0 Å². The quantitative estimate of drug-likeness (QED) is 0.839. The Hall–Kier alpha value is -1.77. The van der Waals surface area contributed by atoms with Crippen LogP contribution in [0.3, 0.4) is 0 Å². The van der Waals surface area contributed by atoms with Crippen LogP contribution in [0.5, 0.6) is 0 Å². The molecule has 3 nitrogen and oxygen atoms in total. The molecule has 0 aromatic heterocycles. The van der Waals surface area contributed by atoms with E-state index in [2.05, 4.69) is 60.3 Å². The minimum Gasteiger partial charge on any atom is -0.345 e. The smallest absolute Gasteiger partial charge is 0.0895 e. The molecule has 0 fully saturated rings. The van der Waals surface area contributed by atoms with Crippen LogP contribution >= 0.6 is 0 Å². The lowest BCUT2D eigenvalue weighted by atomic mass is 9.90. The lowest BCUT2D eigenvalue weighted by Crippen LogP contribution is -2.22. The van der Waals surface area contributed by atoms with E-state index in [0.717, 1.165) is 32.5 Å². The molecule has 2 aliphatic rings. The summed E-state index contributed by atoms with van der Waals surface area (Å²) in [5, 5.41) is 0. The highest BCUT2D eigenvalue weighted by Crippen LogP contribution is 2.39. The van der Waals surface area contributed by atoms with E-state index >= 15 is 0 Å². The second kappa shape index (κ2) is 5.21. The summed E-state index contributed by atoms with van der Waals surface area (Å²) in [5.74, 6) is 0. The van der Waals surface area contributed by atoms with Gasteiger partial charge in [-0.3, -0.25) is 4.99 Å². The predicted molar refractivity (Wildman–Crippen MR) is 91.4 cm³/mol. The molecule has 0 spiro atoms. The molecule has 0 saturated carbocycles. The lowest BCUT2D eigenvalue weighted by Gasteiger charge is -2.28. The highest BCUT2D eigenvalue weighted by atomic mass is 15.2. The van der Waals surface area contributed by atoms with Crippen molar-refractivity contribution in [3.8, 4) is 0 Å². The summed E-state index contributed by atoms with van der Waals surface area (Å²) in [4.78, 5) is 9.01. The van der Waals surface area contributed by atoms with E-state index in [1.165, 1.54) is 22.6 Å². The molecule has 2 aliphatic heterocycles. The van der Waals surface area contributed by atoms with Gasteiger partial charge in [-0.2, -0.15) is 0 Å². The maximum atomic E-state index is 4.34. The second-order valence-electron chi connectivity index (χ2n) is 7.20. The largest absolute Gasteiger partial charge is 0.345 e. The molecule has 21 heavy (non-hydrogen) atoms. The summed E-state index contributed by atoms with van der Waals surface area (Å²) < 4.78 is 0. The van der Waals surface area contributed by atoms with Crippen LogP contribution in [0.4, 0.5) is 11.4 Å². The maximum absolute atomic E-state index is 4.34. The summed E-state index contributed by atoms with van der Waals surface area (Å²) >= 11 is 0. The van der Waals surface area contributed by atoms with Crippen LogP contribution in [0, 0.1) is 5.41 Å². The highest BCUT2D eigenvalue weighted by Gasteiger charge is 2.27. The molecule has 0 amide bonds. The Balaban J connectivity index is 1.87. The molecule has 0 atom stereocenters. The average molecular weight is 283 g/mol. The van der Waals surface area contributed by atoms with Crippen LogP contribution in [0.1, 0.15) is 32.8 Å². The third-order valence-electron chi connectivity index (χ3n) is 4.12. The number of allylic oxidation sites excluding steroid dienone is 1. The predicted octanol–water partition coefficient (Wildman–Crippen LogP) is 3.85. The molecular weight excluding hydrogens is 258 g/mol. The minimum absolute atomic E-state index is 0.277. The van der Waals surface area contributed by atoms with Crippen molar-refractivity contribution in [3.05, 3.63) is 36.0 Å². The Morgan fingerprint density at radius 1 is 1.24 bits per heavy atom. The standard InChI is InChI=1S/C18H25N3/c1-14(12-18(2,3)4)21-10-8-15-16(6-5-7-17(15)21)20-11-9-19-13-20/h5-7,13H,1,8-12H2,2-4H3. The van der Waals surface area contributed by atoms with Gasteiger partial charge in [0.1, 0.15) is 0 Å². The average Bonchev–Trinajstić information content (AvgIpc) is 3.05. The second-order valence-corrected chi connectivity index (χ2v) is 7.20. The normalized spacial score (nSPS) is 17.5. The first-order valence-electron chi connectivity index (χ1n) is 7.79. The van der Waals surface area contributed by atoms with Gasteiger partial charge in [0.15, 0.2) is 0 Å². The lowest BCUT2D eigenvalue weighted by molar-refractivity contribution is 0.406. The van der Waals surface area contributed by atoms with E-state index in [-0.39, 0.29) is 5.41 Å². The minimum atomic E-state index is 0.277. The van der Waals surface area contributed by atoms with Gasteiger partial charge in [0.2, 0.25) is 0 Å². The van der Waals surface area contributed by atoms with E-state index in [0.29, 0.717) is 0 Å². The molecule has 112 valence electrons. The third-order valence-corrected chi connectivity index (χ3v) is 4.12. The van der Waals surface area contributed by atoms with Crippen LogP contribution in [-0.2, 0) is 6.42 Å². The summed E-state index contributed by atoms with van der Waals surface area (Å²) in [5.41, 5.74) is 5.61. The number of hydrogen-bond donors (Lipinski definition) is 0. The Morgan fingerprint density at radius 3 is 2.67 bits per heavy atom. The number of fused-ring (bicyclic) bond motifs is 1. The Morgan fingerprint density at radius 2 is 2.00 bits per heavy atom. The van der Waals surface area contributed by atoms with Crippen LogP contribution < -0.4 is 9.80 Å². The molecule has 2 heterocycles. The molecule has 0 saturated heterocycles. The summed E-state index contributed by atoms with van der Waals surface area (Å²) in [7, 11) is 0. The third kappa shape index (κ3) is 2.82. The van der Waals surface area contributed by atoms with Crippen molar-refractivity contribution in [2.45, 2.75) is 33.6 Å². The maximum Gasteiger partial charge on any atom is 0.0895 e. The van der Waals surface area contributed by atoms with Crippen molar-refractivity contribution < 1.29 is 0 Å². The number of nitrogens with zero attached hydrogens (tertiary/aromatic N) is 3. The summed E-state index contributed by atoms with van der Waals surface area (Å²) in [6.07, 6.45) is 4.10. The summed E-state index contributed by atoms with van der Waals surface area (Å²) in [6.45, 7) is 14.1. The number of benzene rings is 1. The van der Waals surface area contributed by atoms with Crippen molar-refractivity contribution in [2.75, 3.05) is 29.4 Å². The SMILES string of the molecule is C=C(CC(C)(C)C)N1CCc2c(N3C=NCC3)cccc21. The molecule has 0 aliphatic carbocycles. The topological polar surface area (TPSA) is 18.8 Å². The number of aliphatic imine (C=N–C) groups is 1. The number of rotatable bonds is 3. The molecule has 1 aromatic carbocycles. The first kappa shape index (κ1) is 14.2. The number of hydrogen-bond acceptors (Lipinski definition) is 3. The molecular formula is C18H25N3. The fourth-order valence-electron chi connectivity index (χ4n) is 3.28. The molecule has 1 aromatic rings. The van der Waals surface area contributed by atoms with Crippen LogP contribution in [0.25, 0.3) is 0 Å². The van der Waals surface area contributed by atoms with Gasteiger partial charge in [0.05, 0.1) is 12.9 Å². The zero-order valence-electron chi connectivity index (χ0n) is 13.4. The van der Waals surface area contributed by atoms with E-state index in [1.807, 2.05) is 6.34 Å². The zero-order valence-corrected chi connectivity index (χ0v) is 13.4. The van der Waals surface area contributed by atoms with E-state index in [4.69, 9.17) is 0 Å². The van der Waals surface area contributed by atoms with Crippen molar-refractivity contribution in [3.63, 3.8) is 0 Å². The van der Waals surface area contributed by atoms with Crippen LogP contribution in [-0.4, -0.2) is 26.0 Å². The van der Waals surface area contributed by atoms with E-state index < -0.39 is 0 Å². The molecule has 0 radical (unpaired) electrons. The van der Waals surface area contributed by atoms with Gasteiger partial charge in [-0.25, -0.2) is 0 Å². The molecule has 0 unspecified atom stereocenters. The Labute approximate surface area is 128 Å². The van der Waals surface area contributed by atoms with Crippen molar-refractivity contribution in [1.82, 2.24) is 0 Å². The molecule has 3 rings (SSSR count).